The summed E-state index contributed by atoms with van der Waals surface area (Å²) in [5.74, 6) is 0.883. The highest BCUT2D eigenvalue weighted by atomic mass is 32.1. The van der Waals surface area contributed by atoms with Gasteiger partial charge in [0, 0.05) is 32.7 Å². The number of piperazine rings is 1. The van der Waals surface area contributed by atoms with Crippen LogP contribution in [0.1, 0.15) is 18.9 Å². The summed E-state index contributed by atoms with van der Waals surface area (Å²) in [4.78, 5) is 21.4. The molecule has 0 atom stereocenters. The number of benzene rings is 2. The maximum absolute atomic E-state index is 12.5. The predicted molar refractivity (Wildman–Crippen MR) is 123 cm³/mol. The smallest absolute Gasteiger partial charge is 0.317 e. The van der Waals surface area contributed by atoms with E-state index in [1.54, 1.807) is 11.3 Å². The molecule has 1 saturated heterocycles. The lowest BCUT2D eigenvalue weighted by molar-refractivity contribution is 0.194. The number of hydrogen-bond acceptors (Lipinski definition) is 5. The Bertz CT molecular complexity index is 968. The van der Waals surface area contributed by atoms with E-state index in [9.17, 15) is 4.79 Å². The molecule has 0 bridgehead atoms. The SMILES string of the molecule is CCOc1ccc2nc(N3CCN(C(=O)NCCCc4ccccc4)CC3)sc2c1. The highest BCUT2D eigenvalue weighted by Gasteiger charge is 2.23. The average molecular weight is 425 g/mol. The molecule has 2 aromatic carbocycles. The highest BCUT2D eigenvalue weighted by molar-refractivity contribution is 7.22. The van der Waals surface area contributed by atoms with E-state index in [0.717, 1.165) is 47.0 Å². The summed E-state index contributed by atoms with van der Waals surface area (Å²) >= 11 is 1.68. The second-order valence-corrected chi connectivity index (χ2v) is 8.36. The Morgan fingerprint density at radius 1 is 1.13 bits per heavy atom. The van der Waals surface area contributed by atoms with Crippen molar-refractivity contribution in [1.82, 2.24) is 15.2 Å². The van der Waals surface area contributed by atoms with Gasteiger partial charge in [0.15, 0.2) is 5.13 Å². The largest absolute Gasteiger partial charge is 0.494 e. The van der Waals surface area contributed by atoms with Gasteiger partial charge in [0.05, 0.1) is 16.8 Å². The third kappa shape index (κ3) is 5.02. The number of carbonyl (C=O) groups excluding carboxylic acids is 1. The molecule has 4 rings (SSSR count). The molecular weight excluding hydrogens is 396 g/mol. The molecule has 1 aromatic heterocycles. The molecule has 30 heavy (non-hydrogen) atoms. The quantitative estimate of drug-likeness (QED) is 0.579. The van der Waals surface area contributed by atoms with Crippen molar-refractivity contribution in [3.05, 3.63) is 54.1 Å². The Morgan fingerprint density at radius 3 is 2.70 bits per heavy atom. The standard InChI is InChI=1S/C23H28N4O2S/c1-2-29-19-10-11-20-21(17-19)30-23(25-20)27-15-13-26(14-16-27)22(28)24-12-6-9-18-7-4-3-5-8-18/h3-5,7-8,10-11,17H,2,6,9,12-16H2,1H3,(H,24,28). The minimum atomic E-state index is 0.0355. The third-order valence-electron chi connectivity index (χ3n) is 5.26. The maximum atomic E-state index is 12.5. The molecule has 2 amide bonds. The first-order chi connectivity index (χ1) is 14.7. The first-order valence-corrected chi connectivity index (χ1v) is 11.4. The Morgan fingerprint density at radius 2 is 1.93 bits per heavy atom. The number of fused-ring (bicyclic) bond motifs is 1. The summed E-state index contributed by atoms with van der Waals surface area (Å²) in [5.41, 5.74) is 2.31. The number of aromatic nitrogens is 1. The fourth-order valence-corrected chi connectivity index (χ4v) is 4.68. The number of hydrogen-bond donors (Lipinski definition) is 1. The second kappa shape index (κ2) is 9.80. The van der Waals surface area contributed by atoms with E-state index in [0.29, 0.717) is 26.2 Å². The van der Waals surface area contributed by atoms with Gasteiger partial charge in [-0.3, -0.25) is 0 Å². The van der Waals surface area contributed by atoms with Crippen LogP contribution in [0.4, 0.5) is 9.93 Å². The van der Waals surface area contributed by atoms with Crippen LogP contribution in [0.15, 0.2) is 48.5 Å². The molecule has 1 aliphatic rings. The summed E-state index contributed by atoms with van der Waals surface area (Å²) in [6.45, 7) is 6.38. The Kier molecular flexibility index (Phi) is 6.69. The van der Waals surface area contributed by atoms with Gasteiger partial charge in [0.2, 0.25) is 0 Å². The predicted octanol–water partition coefficient (Wildman–Crippen LogP) is 4.16. The molecule has 158 valence electrons. The zero-order chi connectivity index (χ0) is 20.8. The average Bonchev–Trinajstić information content (AvgIpc) is 3.21. The summed E-state index contributed by atoms with van der Waals surface area (Å²) < 4.78 is 6.72. The Labute approximate surface area is 181 Å². The van der Waals surface area contributed by atoms with E-state index in [2.05, 4.69) is 40.5 Å². The van der Waals surface area contributed by atoms with Crippen molar-refractivity contribution >= 4 is 32.7 Å². The molecule has 0 radical (unpaired) electrons. The number of carbonyl (C=O) groups is 1. The number of urea groups is 1. The van der Waals surface area contributed by atoms with E-state index < -0.39 is 0 Å². The van der Waals surface area contributed by atoms with E-state index in [1.165, 1.54) is 5.56 Å². The summed E-state index contributed by atoms with van der Waals surface area (Å²) in [6.07, 6.45) is 1.93. The van der Waals surface area contributed by atoms with Gasteiger partial charge in [-0.2, -0.15) is 0 Å². The highest BCUT2D eigenvalue weighted by Crippen LogP contribution is 2.31. The number of amides is 2. The molecule has 6 nitrogen and oxygen atoms in total. The molecule has 0 unspecified atom stereocenters. The molecular formula is C23H28N4O2S. The van der Waals surface area contributed by atoms with Gasteiger partial charge in [-0.05, 0) is 43.5 Å². The molecule has 1 fully saturated rings. The zero-order valence-electron chi connectivity index (χ0n) is 17.3. The molecule has 0 saturated carbocycles. The number of nitrogens with zero attached hydrogens (tertiary/aromatic N) is 3. The number of aryl methyl sites for hydroxylation is 1. The normalized spacial score (nSPS) is 14.2. The molecule has 7 heteroatoms. The fourth-order valence-electron chi connectivity index (χ4n) is 3.63. The third-order valence-corrected chi connectivity index (χ3v) is 6.34. The minimum Gasteiger partial charge on any atom is -0.494 e. The van der Waals surface area contributed by atoms with Crippen LogP contribution in [0.2, 0.25) is 0 Å². The van der Waals surface area contributed by atoms with Gasteiger partial charge in [-0.25, -0.2) is 9.78 Å². The summed E-state index contributed by atoms with van der Waals surface area (Å²) in [6, 6.07) is 16.5. The number of ether oxygens (including phenoxy) is 1. The van der Waals surface area contributed by atoms with Crippen molar-refractivity contribution in [2.24, 2.45) is 0 Å². The van der Waals surface area contributed by atoms with Crippen LogP contribution in [0.5, 0.6) is 5.75 Å². The van der Waals surface area contributed by atoms with Crippen LogP contribution in [-0.4, -0.2) is 55.2 Å². The number of anilines is 1. The number of thiazole rings is 1. The van der Waals surface area contributed by atoms with Gasteiger partial charge < -0.3 is 19.9 Å². The van der Waals surface area contributed by atoms with Gasteiger partial charge in [-0.15, -0.1) is 0 Å². The van der Waals surface area contributed by atoms with Crippen LogP contribution < -0.4 is 15.0 Å². The molecule has 0 aliphatic carbocycles. The summed E-state index contributed by atoms with van der Waals surface area (Å²) in [5, 5.41) is 4.07. The van der Waals surface area contributed by atoms with Gasteiger partial charge in [-0.1, -0.05) is 41.7 Å². The van der Waals surface area contributed by atoms with Crippen molar-refractivity contribution in [3.8, 4) is 5.75 Å². The zero-order valence-corrected chi connectivity index (χ0v) is 18.2. The molecule has 2 heterocycles. The fraction of sp³-hybridized carbons (Fsp3) is 0.391. The van der Waals surface area contributed by atoms with E-state index in [-0.39, 0.29) is 6.03 Å². The van der Waals surface area contributed by atoms with Gasteiger partial charge in [0.1, 0.15) is 5.75 Å². The Hall–Kier alpha value is -2.80. The van der Waals surface area contributed by atoms with Gasteiger partial charge >= 0.3 is 6.03 Å². The maximum Gasteiger partial charge on any atom is 0.317 e. The molecule has 1 aliphatic heterocycles. The van der Waals surface area contributed by atoms with E-state index in [4.69, 9.17) is 9.72 Å². The molecule has 1 N–H and O–H groups in total. The minimum absolute atomic E-state index is 0.0355. The van der Waals surface area contributed by atoms with Crippen LogP contribution in [0, 0.1) is 0 Å². The lowest BCUT2D eigenvalue weighted by Gasteiger charge is -2.34. The lowest BCUT2D eigenvalue weighted by atomic mass is 10.1. The van der Waals surface area contributed by atoms with Crippen LogP contribution in [-0.2, 0) is 6.42 Å². The lowest BCUT2D eigenvalue weighted by Crippen LogP contribution is -2.52. The van der Waals surface area contributed by atoms with Gasteiger partial charge in [0.25, 0.3) is 0 Å². The first-order valence-electron chi connectivity index (χ1n) is 10.6. The van der Waals surface area contributed by atoms with E-state index in [1.807, 2.05) is 30.0 Å². The van der Waals surface area contributed by atoms with Crippen LogP contribution in [0.25, 0.3) is 10.2 Å². The van der Waals surface area contributed by atoms with Crippen molar-refractivity contribution in [1.29, 1.82) is 0 Å². The summed E-state index contributed by atoms with van der Waals surface area (Å²) in [7, 11) is 0. The second-order valence-electron chi connectivity index (χ2n) is 7.35. The van der Waals surface area contributed by atoms with Crippen LogP contribution >= 0.6 is 11.3 Å². The molecule has 3 aromatic rings. The number of rotatable bonds is 7. The molecule has 0 spiro atoms. The number of nitrogens with one attached hydrogen (secondary N) is 1. The monoisotopic (exact) mass is 424 g/mol. The van der Waals surface area contributed by atoms with Crippen molar-refractivity contribution in [3.63, 3.8) is 0 Å². The van der Waals surface area contributed by atoms with Crippen molar-refractivity contribution in [2.75, 3.05) is 44.2 Å². The topological polar surface area (TPSA) is 57.7 Å². The van der Waals surface area contributed by atoms with Crippen molar-refractivity contribution in [2.45, 2.75) is 19.8 Å². The van der Waals surface area contributed by atoms with Crippen molar-refractivity contribution < 1.29 is 9.53 Å². The first kappa shape index (κ1) is 20.5. The van der Waals surface area contributed by atoms with E-state index >= 15 is 0 Å². The van der Waals surface area contributed by atoms with Crippen LogP contribution in [0.3, 0.4) is 0 Å². The Balaban J connectivity index is 1.24.